The van der Waals surface area contributed by atoms with Crippen LogP contribution < -0.4 is 5.32 Å². The summed E-state index contributed by atoms with van der Waals surface area (Å²) >= 11 is 0. The third-order valence-electron chi connectivity index (χ3n) is 3.88. The monoisotopic (exact) mass is 329 g/mol. The van der Waals surface area contributed by atoms with Crippen LogP contribution in [0.15, 0.2) is 48.5 Å². The van der Waals surface area contributed by atoms with Gasteiger partial charge in [0.2, 0.25) is 0 Å². The molecule has 0 aliphatic rings. The van der Waals surface area contributed by atoms with Crippen LogP contribution in [0.2, 0.25) is 0 Å². The molecule has 2 rings (SSSR count). The van der Waals surface area contributed by atoms with Crippen LogP contribution in [0.4, 0.5) is 4.39 Å². The molecule has 2 aromatic carbocycles. The number of carbonyl (C=O) groups is 2. The van der Waals surface area contributed by atoms with Crippen molar-refractivity contribution in [2.45, 2.75) is 25.7 Å². The van der Waals surface area contributed by atoms with E-state index in [9.17, 15) is 19.1 Å². The van der Waals surface area contributed by atoms with Crippen molar-refractivity contribution < 1.29 is 19.1 Å². The SMILES string of the molecule is CC(C)c1ccc(C(=O)NCC(C(=O)O)c2ccc(F)cc2)cc1. The number of nitrogens with one attached hydrogen (secondary N) is 1. The minimum absolute atomic E-state index is 0.0638. The van der Waals surface area contributed by atoms with Crippen LogP contribution >= 0.6 is 0 Å². The second-order valence-electron chi connectivity index (χ2n) is 5.93. The van der Waals surface area contributed by atoms with Crippen LogP contribution in [-0.4, -0.2) is 23.5 Å². The Kier molecular flexibility index (Phi) is 5.68. The first kappa shape index (κ1) is 17.7. The molecule has 4 nitrogen and oxygen atoms in total. The molecule has 126 valence electrons. The summed E-state index contributed by atoms with van der Waals surface area (Å²) in [7, 11) is 0. The number of hydrogen-bond acceptors (Lipinski definition) is 2. The predicted molar refractivity (Wildman–Crippen MR) is 89.6 cm³/mol. The molecular formula is C19H20FNO3. The Morgan fingerprint density at radius 1 is 1.00 bits per heavy atom. The highest BCUT2D eigenvalue weighted by molar-refractivity contribution is 5.94. The molecule has 0 spiro atoms. The fourth-order valence-electron chi connectivity index (χ4n) is 2.36. The van der Waals surface area contributed by atoms with Crippen molar-refractivity contribution in [2.75, 3.05) is 6.54 Å². The van der Waals surface area contributed by atoms with E-state index in [-0.39, 0.29) is 12.5 Å². The van der Waals surface area contributed by atoms with Gasteiger partial charge in [0, 0.05) is 12.1 Å². The van der Waals surface area contributed by atoms with Gasteiger partial charge in [-0.25, -0.2) is 4.39 Å². The van der Waals surface area contributed by atoms with Gasteiger partial charge >= 0.3 is 5.97 Å². The normalized spacial score (nSPS) is 12.0. The van der Waals surface area contributed by atoms with Gasteiger partial charge in [-0.3, -0.25) is 9.59 Å². The molecule has 0 aliphatic heterocycles. The average molecular weight is 329 g/mol. The molecule has 1 amide bonds. The third kappa shape index (κ3) is 4.41. The number of hydrogen-bond donors (Lipinski definition) is 2. The maximum Gasteiger partial charge on any atom is 0.312 e. The second kappa shape index (κ2) is 7.73. The summed E-state index contributed by atoms with van der Waals surface area (Å²) in [6, 6.07) is 12.4. The van der Waals surface area contributed by atoms with E-state index in [2.05, 4.69) is 19.2 Å². The first-order chi connectivity index (χ1) is 11.4. The summed E-state index contributed by atoms with van der Waals surface area (Å²) < 4.78 is 13.0. The zero-order chi connectivity index (χ0) is 17.7. The van der Waals surface area contributed by atoms with Gasteiger partial charge in [-0.1, -0.05) is 38.1 Å². The van der Waals surface area contributed by atoms with E-state index in [0.29, 0.717) is 17.0 Å². The second-order valence-corrected chi connectivity index (χ2v) is 5.93. The standard InChI is InChI=1S/C19H20FNO3/c1-12(2)13-3-5-15(6-4-13)18(22)21-11-17(19(23)24)14-7-9-16(20)10-8-14/h3-10,12,17H,11H2,1-2H3,(H,21,22)(H,23,24). The number of amides is 1. The maximum absolute atomic E-state index is 13.0. The number of aliphatic carboxylic acids is 1. The van der Waals surface area contributed by atoms with Gasteiger partial charge in [-0.15, -0.1) is 0 Å². The molecule has 0 bridgehead atoms. The van der Waals surface area contributed by atoms with E-state index in [1.54, 1.807) is 12.1 Å². The molecule has 0 aromatic heterocycles. The van der Waals surface area contributed by atoms with E-state index in [1.807, 2.05) is 12.1 Å². The summed E-state index contributed by atoms with van der Waals surface area (Å²) in [6.07, 6.45) is 0. The minimum Gasteiger partial charge on any atom is -0.481 e. The van der Waals surface area contributed by atoms with Crippen LogP contribution in [0.25, 0.3) is 0 Å². The largest absolute Gasteiger partial charge is 0.481 e. The van der Waals surface area contributed by atoms with E-state index in [4.69, 9.17) is 0 Å². The van der Waals surface area contributed by atoms with Crippen molar-refractivity contribution in [3.8, 4) is 0 Å². The number of carbonyl (C=O) groups excluding carboxylic acids is 1. The van der Waals surface area contributed by atoms with Crippen molar-refractivity contribution >= 4 is 11.9 Å². The Morgan fingerprint density at radius 2 is 1.54 bits per heavy atom. The molecule has 1 unspecified atom stereocenters. The van der Waals surface area contributed by atoms with Gasteiger partial charge in [0.25, 0.3) is 5.91 Å². The Balaban J connectivity index is 2.04. The molecule has 2 N–H and O–H groups in total. The predicted octanol–water partition coefficient (Wildman–Crippen LogP) is 3.55. The van der Waals surface area contributed by atoms with Gasteiger partial charge in [0.1, 0.15) is 5.82 Å². The number of halogens is 1. The molecule has 2 aromatic rings. The molecule has 0 saturated heterocycles. The van der Waals surface area contributed by atoms with Gasteiger partial charge in [-0.2, -0.15) is 0 Å². The van der Waals surface area contributed by atoms with E-state index in [1.165, 1.54) is 24.3 Å². The number of benzene rings is 2. The number of carboxylic acids is 1. The van der Waals surface area contributed by atoms with Crippen molar-refractivity contribution in [3.05, 3.63) is 71.0 Å². The van der Waals surface area contributed by atoms with Crippen molar-refractivity contribution in [1.29, 1.82) is 0 Å². The van der Waals surface area contributed by atoms with Gasteiger partial charge in [-0.05, 0) is 41.3 Å². The molecule has 24 heavy (non-hydrogen) atoms. The van der Waals surface area contributed by atoms with Crippen LogP contribution in [-0.2, 0) is 4.79 Å². The smallest absolute Gasteiger partial charge is 0.312 e. The molecule has 0 fully saturated rings. The third-order valence-corrected chi connectivity index (χ3v) is 3.88. The lowest BCUT2D eigenvalue weighted by molar-refractivity contribution is -0.138. The zero-order valence-electron chi connectivity index (χ0n) is 13.6. The molecule has 1 atom stereocenters. The van der Waals surface area contributed by atoms with Gasteiger partial charge in [0.05, 0.1) is 5.92 Å². The highest BCUT2D eigenvalue weighted by atomic mass is 19.1. The summed E-state index contributed by atoms with van der Waals surface area (Å²) in [5.41, 5.74) is 2.04. The fraction of sp³-hybridized carbons (Fsp3) is 0.263. The topological polar surface area (TPSA) is 66.4 Å². The van der Waals surface area contributed by atoms with Crippen molar-refractivity contribution in [3.63, 3.8) is 0 Å². The minimum atomic E-state index is -1.07. The Morgan fingerprint density at radius 3 is 2.04 bits per heavy atom. The summed E-state index contributed by atoms with van der Waals surface area (Å²) in [5.74, 6) is -2.39. The average Bonchev–Trinajstić information content (AvgIpc) is 2.56. The molecule has 5 heteroatoms. The molecule has 0 heterocycles. The molecule has 0 radical (unpaired) electrons. The van der Waals surface area contributed by atoms with E-state index >= 15 is 0 Å². The van der Waals surface area contributed by atoms with Gasteiger partial charge < -0.3 is 10.4 Å². The highest BCUT2D eigenvalue weighted by Gasteiger charge is 2.21. The summed E-state index contributed by atoms with van der Waals surface area (Å²) in [6.45, 7) is 4.07. The number of rotatable bonds is 6. The Labute approximate surface area is 140 Å². The molecule has 0 saturated carbocycles. The number of carboxylic acid groups (broad SMARTS) is 1. The van der Waals surface area contributed by atoms with Gasteiger partial charge in [0.15, 0.2) is 0 Å². The van der Waals surface area contributed by atoms with Crippen LogP contribution in [0.5, 0.6) is 0 Å². The van der Waals surface area contributed by atoms with Crippen molar-refractivity contribution in [2.24, 2.45) is 0 Å². The Bertz CT molecular complexity index is 708. The lowest BCUT2D eigenvalue weighted by Gasteiger charge is -2.14. The lowest BCUT2D eigenvalue weighted by Crippen LogP contribution is -2.31. The zero-order valence-corrected chi connectivity index (χ0v) is 13.6. The fourth-order valence-corrected chi connectivity index (χ4v) is 2.36. The highest BCUT2D eigenvalue weighted by Crippen LogP contribution is 2.17. The van der Waals surface area contributed by atoms with E-state index in [0.717, 1.165) is 5.56 Å². The molecule has 0 aliphatic carbocycles. The maximum atomic E-state index is 13.0. The van der Waals surface area contributed by atoms with Crippen LogP contribution in [0.3, 0.4) is 0 Å². The Hall–Kier alpha value is -2.69. The first-order valence-corrected chi connectivity index (χ1v) is 7.75. The quantitative estimate of drug-likeness (QED) is 0.852. The summed E-state index contributed by atoms with van der Waals surface area (Å²) in [5, 5.41) is 12.0. The molecular weight excluding hydrogens is 309 g/mol. The van der Waals surface area contributed by atoms with E-state index < -0.39 is 17.7 Å². The first-order valence-electron chi connectivity index (χ1n) is 7.75. The van der Waals surface area contributed by atoms with Crippen LogP contribution in [0.1, 0.15) is 47.2 Å². The van der Waals surface area contributed by atoms with Crippen molar-refractivity contribution in [1.82, 2.24) is 5.32 Å². The lowest BCUT2D eigenvalue weighted by atomic mass is 9.98. The summed E-state index contributed by atoms with van der Waals surface area (Å²) in [4.78, 5) is 23.6. The van der Waals surface area contributed by atoms with Crippen LogP contribution in [0, 0.1) is 5.82 Å².